The third-order valence-corrected chi connectivity index (χ3v) is 4.58. The number of allylic oxidation sites excluding steroid dienone is 2. The smallest absolute Gasteiger partial charge is 0.183 e. The second kappa shape index (κ2) is 8.48. The molecule has 3 heteroatoms. The lowest BCUT2D eigenvalue weighted by atomic mass is 10.00. The second-order valence-electron chi connectivity index (χ2n) is 6.10. The normalized spacial score (nSPS) is 21.2. The number of benzene rings is 2. The summed E-state index contributed by atoms with van der Waals surface area (Å²) < 4.78 is 11.9. The summed E-state index contributed by atoms with van der Waals surface area (Å²) in [6.45, 7) is 3.38. The standard InChI is InChI=1S/C21H23ClO2/c1-2-3-4-5-16-6-8-18(9-7-16)21-23-14-19(15-24-21)17-10-12-20(22)13-11-17/h2-3,6-13,19,21H,4-5,14-15H2,1H3. The van der Waals surface area contributed by atoms with Crippen LogP contribution in [0.3, 0.4) is 0 Å². The van der Waals surface area contributed by atoms with Crippen molar-refractivity contribution in [2.75, 3.05) is 13.2 Å². The van der Waals surface area contributed by atoms with Crippen molar-refractivity contribution in [1.82, 2.24) is 0 Å². The van der Waals surface area contributed by atoms with Crippen molar-refractivity contribution in [3.05, 3.63) is 82.4 Å². The van der Waals surface area contributed by atoms with Gasteiger partial charge in [-0.15, -0.1) is 0 Å². The lowest BCUT2D eigenvalue weighted by molar-refractivity contribution is -0.191. The number of aryl methyl sites for hydroxylation is 1. The molecular weight excluding hydrogens is 320 g/mol. The summed E-state index contributed by atoms with van der Waals surface area (Å²) in [4.78, 5) is 0. The first-order chi connectivity index (χ1) is 11.8. The molecule has 2 aromatic rings. The van der Waals surface area contributed by atoms with Gasteiger partial charge in [0.15, 0.2) is 6.29 Å². The summed E-state index contributed by atoms with van der Waals surface area (Å²) in [5, 5.41) is 0.754. The number of halogens is 1. The minimum Gasteiger partial charge on any atom is -0.348 e. The van der Waals surface area contributed by atoms with Crippen LogP contribution in [-0.4, -0.2) is 13.2 Å². The van der Waals surface area contributed by atoms with E-state index in [9.17, 15) is 0 Å². The first-order valence-corrected chi connectivity index (χ1v) is 8.82. The summed E-state index contributed by atoms with van der Waals surface area (Å²) in [7, 11) is 0. The van der Waals surface area contributed by atoms with Gasteiger partial charge in [0.2, 0.25) is 0 Å². The topological polar surface area (TPSA) is 18.5 Å². The van der Waals surface area contributed by atoms with Crippen molar-refractivity contribution in [3.8, 4) is 0 Å². The zero-order valence-corrected chi connectivity index (χ0v) is 14.7. The molecule has 0 unspecified atom stereocenters. The van der Waals surface area contributed by atoms with Gasteiger partial charge >= 0.3 is 0 Å². The van der Waals surface area contributed by atoms with E-state index >= 15 is 0 Å². The van der Waals surface area contributed by atoms with Gasteiger partial charge in [0, 0.05) is 16.5 Å². The van der Waals surface area contributed by atoms with Gasteiger partial charge in [0.1, 0.15) is 0 Å². The predicted octanol–water partition coefficient (Wildman–Crippen LogP) is 5.68. The Bertz CT molecular complexity index is 653. The predicted molar refractivity (Wildman–Crippen MR) is 98.4 cm³/mol. The highest BCUT2D eigenvalue weighted by molar-refractivity contribution is 6.30. The molecule has 0 N–H and O–H groups in total. The third-order valence-electron chi connectivity index (χ3n) is 4.33. The molecule has 1 fully saturated rings. The van der Waals surface area contributed by atoms with E-state index in [2.05, 4.69) is 43.3 Å². The van der Waals surface area contributed by atoms with Crippen molar-refractivity contribution in [3.63, 3.8) is 0 Å². The lowest BCUT2D eigenvalue weighted by Crippen LogP contribution is -2.25. The molecule has 1 saturated heterocycles. The van der Waals surface area contributed by atoms with Crippen molar-refractivity contribution < 1.29 is 9.47 Å². The van der Waals surface area contributed by atoms with Gasteiger partial charge in [-0.25, -0.2) is 0 Å². The van der Waals surface area contributed by atoms with Crippen LogP contribution >= 0.6 is 11.6 Å². The minimum atomic E-state index is -0.266. The maximum Gasteiger partial charge on any atom is 0.183 e. The van der Waals surface area contributed by atoms with E-state index in [4.69, 9.17) is 21.1 Å². The molecule has 0 aliphatic carbocycles. The molecule has 0 radical (unpaired) electrons. The molecule has 126 valence electrons. The number of hydrogen-bond donors (Lipinski definition) is 0. The van der Waals surface area contributed by atoms with Crippen molar-refractivity contribution >= 4 is 11.6 Å². The fraction of sp³-hybridized carbons (Fsp3) is 0.333. The van der Waals surface area contributed by atoms with Crippen LogP contribution in [0.1, 0.15) is 42.2 Å². The van der Waals surface area contributed by atoms with Gasteiger partial charge in [0.25, 0.3) is 0 Å². The Balaban J connectivity index is 1.55. The quantitative estimate of drug-likeness (QED) is 0.651. The summed E-state index contributed by atoms with van der Waals surface area (Å²) in [6.07, 6.45) is 6.16. The van der Waals surface area contributed by atoms with Crippen LogP contribution in [0.15, 0.2) is 60.7 Å². The van der Waals surface area contributed by atoms with E-state index in [-0.39, 0.29) is 12.2 Å². The molecule has 0 amide bonds. The highest BCUT2D eigenvalue weighted by Crippen LogP contribution is 2.30. The van der Waals surface area contributed by atoms with Gasteiger partial charge in [-0.1, -0.05) is 60.2 Å². The van der Waals surface area contributed by atoms with E-state index in [0.29, 0.717) is 13.2 Å². The van der Waals surface area contributed by atoms with Crippen LogP contribution < -0.4 is 0 Å². The molecule has 3 rings (SSSR count). The first kappa shape index (κ1) is 17.2. The van der Waals surface area contributed by atoms with E-state index in [1.807, 2.05) is 24.3 Å². The fourth-order valence-electron chi connectivity index (χ4n) is 2.88. The highest BCUT2D eigenvalue weighted by Gasteiger charge is 2.24. The second-order valence-corrected chi connectivity index (χ2v) is 6.53. The minimum absolute atomic E-state index is 0.263. The molecule has 24 heavy (non-hydrogen) atoms. The van der Waals surface area contributed by atoms with Crippen molar-refractivity contribution in [1.29, 1.82) is 0 Å². The Kier molecular flexibility index (Phi) is 6.08. The Labute approximate surface area is 149 Å². The molecule has 1 heterocycles. The van der Waals surface area contributed by atoms with E-state index in [1.165, 1.54) is 11.1 Å². The van der Waals surface area contributed by atoms with Gasteiger partial charge in [-0.3, -0.25) is 0 Å². The van der Waals surface area contributed by atoms with Crippen LogP contribution in [0.2, 0.25) is 5.02 Å². The largest absolute Gasteiger partial charge is 0.348 e. The van der Waals surface area contributed by atoms with Gasteiger partial charge in [-0.2, -0.15) is 0 Å². The molecule has 0 bridgehead atoms. The highest BCUT2D eigenvalue weighted by atomic mass is 35.5. The monoisotopic (exact) mass is 342 g/mol. The van der Waals surface area contributed by atoms with E-state index < -0.39 is 0 Å². The molecule has 2 nitrogen and oxygen atoms in total. The fourth-order valence-corrected chi connectivity index (χ4v) is 3.01. The molecule has 0 spiro atoms. The average molecular weight is 343 g/mol. The van der Waals surface area contributed by atoms with Gasteiger partial charge in [-0.05, 0) is 43.0 Å². The summed E-state index contributed by atoms with van der Waals surface area (Å²) in [5.74, 6) is 0.263. The molecule has 0 aromatic heterocycles. The maximum atomic E-state index is 5.94. The molecule has 0 atom stereocenters. The average Bonchev–Trinajstić information content (AvgIpc) is 2.63. The summed E-state index contributed by atoms with van der Waals surface area (Å²) in [5.41, 5.74) is 3.63. The van der Waals surface area contributed by atoms with Crippen LogP contribution in [0.4, 0.5) is 0 Å². The van der Waals surface area contributed by atoms with Crippen LogP contribution in [0.5, 0.6) is 0 Å². The first-order valence-electron chi connectivity index (χ1n) is 8.45. The molecule has 0 saturated carbocycles. The molecular formula is C21H23ClO2. The van der Waals surface area contributed by atoms with Gasteiger partial charge < -0.3 is 9.47 Å². The Morgan fingerprint density at radius 3 is 2.21 bits per heavy atom. The molecule has 1 aliphatic heterocycles. The zero-order chi connectivity index (χ0) is 16.8. The number of hydrogen-bond acceptors (Lipinski definition) is 2. The van der Waals surface area contributed by atoms with Crippen LogP contribution in [-0.2, 0) is 15.9 Å². The third kappa shape index (κ3) is 4.47. The molecule has 2 aromatic carbocycles. The molecule has 1 aliphatic rings. The van der Waals surface area contributed by atoms with Crippen molar-refractivity contribution in [2.24, 2.45) is 0 Å². The maximum absolute atomic E-state index is 5.94. The number of ether oxygens (including phenoxy) is 2. The Morgan fingerprint density at radius 2 is 1.58 bits per heavy atom. The van der Waals surface area contributed by atoms with E-state index in [0.717, 1.165) is 23.4 Å². The van der Waals surface area contributed by atoms with Gasteiger partial charge in [0.05, 0.1) is 13.2 Å². The Morgan fingerprint density at radius 1 is 0.958 bits per heavy atom. The summed E-state index contributed by atoms with van der Waals surface area (Å²) >= 11 is 5.94. The SMILES string of the molecule is CC=CCCc1ccc(C2OCC(c3ccc(Cl)cc3)CO2)cc1. The van der Waals surface area contributed by atoms with E-state index in [1.54, 1.807) is 0 Å². The Hall–Kier alpha value is -1.61. The number of rotatable bonds is 5. The van der Waals surface area contributed by atoms with Crippen LogP contribution in [0.25, 0.3) is 0 Å². The summed E-state index contributed by atoms with van der Waals surface area (Å²) in [6, 6.07) is 16.5. The van der Waals surface area contributed by atoms with Crippen LogP contribution in [0, 0.1) is 0 Å². The zero-order valence-electron chi connectivity index (χ0n) is 14.0. The lowest BCUT2D eigenvalue weighted by Gasteiger charge is -2.30. The van der Waals surface area contributed by atoms with Crippen molar-refractivity contribution in [2.45, 2.75) is 32.0 Å².